The minimum atomic E-state index is -3.32. The van der Waals surface area contributed by atoms with Gasteiger partial charge in [-0.3, -0.25) is 4.18 Å². The summed E-state index contributed by atoms with van der Waals surface area (Å²) < 4.78 is 50.3. The Balaban J connectivity index is 0. The van der Waals surface area contributed by atoms with Crippen LogP contribution < -0.4 is 5.73 Å². The van der Waals surface area contributed by atoms with Gasteiger partial charge in [0, 0.05) is 34.7 Å². The summed E-state index contributed by atoms with van der Waals surface area (Å²) in [6.45, 7) is 6.82. The van der Waals surface area contributed by atoms with Crippen LogP contribution in [0.3, 0.4) is 0 Å². The number of ether oxygens (including phenoxy) is 1. The Morgan fingerprint density at radius 2 is 1.31 bits per heavy atom. The van der Waals surface area contributed by atoms with E-state index in [0.717, 1.165) is 36.7 Å². The lowest BCUT2D eigenvalue weighted by atomic mass is 10.2. The molecule has 7 nitrogen and oxygen atoms in total. The van der Waals surface area contributed by atoms with Crippen LogP contribution in [0, 0.1) is 0 Å². The van der Waals surface area contributed by atoms with E-state index in [1.54, 1.807) is 40.9 Å². The monoisotopic (exact) mass is 681 g/mol. The zero-order chi connectivity index (χ0) is 30.3. The molecule has 1 aliphatic heterocycles. The Labute approximate surface area is 257 Å². The highest BCUT2D eigenvalue weighted by atomic mass is 35.5. The van der Waals surface area contributed by atoms with Crippen LogP contribution in [0.4, 0.5) is 0 Å². The average Bonchev–Trinajstić information content (AvgIpc) is 3.28. The molecule has 0 unspecified atom stereocenters. The molecule has 226 valence electrons. The van der Waals surface area contributed by atoms with Gasteiger partial charge in [0.1, 0.15) is 9.84 Å². The van der Waals surface area contributed by atoms with Crippen molar-refractivity contribution in [2.24, 2.45) is 5.73 Å². The lowest BCUT2D eigenvalue weighted by Crippen LogP contribution is -2.16. The van der Waals surface area contributed by atoms with Gasteiger partial charge in [-0.25, -0.2) is 8.42 Å². The third-order valence-corrected chi connectivity index (χ3v) is 6.54. The number of alkyl halides is 2. The predicted octanol–water partition coefficient (Wildman–Crippen LogP) is 6.53. The molecular formula is C25H41Cl2NO6S5. The molecule has 0 aliphatic carbocycles. The van der Waals surface area contributed by atoms with Gasteiger partial charge in [0.2, 0.25) is 0 Å². The summed E-state index contributed by atoms with van der Waals surface area (Å²) in [7, 11) is -5.99. The van der Waals surface area contributed by atoms with Crippen molar-refractivity contribution in [3.05, 3.63) is 67.7 Å². The van der Waals surface area contributed by atoms with E-state index in [4.69, 9.17) is 37.9 Å². The van der Waals surface area contributed by atoms with Crippen molar-refractivity contribution < 1.29 is 25.8 Å². The van der Waals surface area contributed by atoms with Gasteiger partial charge in [-0.2, -0.15) is 19.8 Å². The first-order valence-corrected chi connectivity index (χ1v) is 19.5. The van der Waals surface area contributed by atoms with Crippen LogP contribution in [0.2, 0.25) is 0 Å². The lowest BCUT2D eigenvalue weighted by Gasteiger charge is -2.08. The first-order chi connectivity index (χ1) is 18.1. The third kappa shape index (κ3) is 39.7. The van der Waals surface area contributed by atoms with Crippen molar-refractivity contribution in [1.82, 2.24) is 0 Å². The minimum Gasteiger partial charge on any atom is -0.373 e. The Bertz CT molecular complexity index is 1080. The largest absolute Gasteiger partial charge is 0.373 e. The van der Waals surface area contributed by atoms with Crippen LogP contribution in [0.5, 0.6) is 0 Å². The number of sulfone groups is 1. The molecule has 0 spiro atoms. The normalized spacial score (nSPS) is 14.9. The van der Waals surface area contributed by atoms with Crippen LogP contribution in [0.1, 0.15) is 30.5 Å². The number of halogens is 2. The SMILES string of the molecule is CS(C)(=O)=O.C[C@@H](Cc1cccs1)OS(C)(=O)=O.C[C@@H](N)Cc1cccs1.C[C@H]1CO1.ClCCl.c1ccsc1. The van der Waals surface area contributed by atoms with Gasteiger partial charge in [-0.1, -0.05) is 24.3 Å². The van der Waals surface area contributed by atoms with Crippen LogP contribution in [-0.2, 0) is 41.7 Å². The molecule has 3 aromatic rings. The van der Waals surface area contributed by atoms with Crippen molar-refractivity contribution in [2.45, 2.75) is 51.9 Å². The molecular weight excluding hydrogens is 642 g/mol. The van der Waals surface area contributed by atoms with Gasteiger partial charge >= 0.3 is 0 Å². The zero-order valence-electron chi connectivity index (χ0n) is 23.2. The lowest BCUT2D eigenvalue weighted by molar-refractivity contribution is 0.233. The van der Waals surface area contributed by atoms with E-state index < -0.39 is 20.0 Å². The van der Waals surface area contributed by atoms with Crippen molar-refractivity contribution >= 4 is 77.2 Å². The van der Waals surface area contributed by atoms with Gasteiger partial charge in [-0.15, -0.1) is 45.9 Å². The van der Waals surface area contributed by atoms with Crippen molar-refractivity contribution in [3.63, 3.8) is 0 Å². The minimum absolute atomic E-state index is 0.194. The molecule has 0 saturated carbocycles. The van der Waals surface area contributed by atoms with Gasteiger partial charge in [0.15, 0.2) is 0 Å². The Kier molecular flexibility index (Phi) is 25.1. The van der Waals surface area contributed by atoms with Crippen LogP contribution in [-0.4, -0.2) is 65.8 Å². The second-order valence-corrected chi connectivity index (χ2v) is 15.9. The molecule has 4 rings (SSSR count). The molecule has 1 fully saturated rings. The van der Waals surface area contributed by atoms with Crippen molar-refractivity contribution in [3.8, 4) is 0 Å². The van der Waals surface area contributed by atoms with E-state index in [0.29, 0.717) is 18.6 Å². The Morgan fingerprint density at radius 3 is 1.54 bits per heavy atom. The zero-order valence-corrected chi connectivity index (χ0v) is 28.8. The maximum atomic E-state index is 10.8. The highest BCUT2D eigenvalue weighted by Gasteiger charge is 2.13. The van der Waals surface area contributed by atoms with E-state index in [2.05, 4.69) is 24.4 Å². The molecule has 1 aliphatic rings. The summed E-state index contributed by atoms with van der Waals surface area (Å²) in [5.41, 5.74) is 5.59. The van der Waals surface area contributed by atoms with Gasteiger partial charge in [0.25, 0.3) is 10.1 Å². The summed E-state index contributed by atoms with van der Waals surface area (Å²) in [6, 6.07) is 12.4. The second kappa shape index (κ2) is 24.1. The van der Waals surface area contributed by atoms with E-state index >= 15 is 0 Å². The molecule has 39 heavy (non-hydrogen) atoms. The quantitative estimate of drug-likeness (QED) is 0.179. The van der Waals surface area contributed by atoms with Crippen LogP contribution in [0.25, 0.3) is 0 Å². The highest BCUT2D eigenvalue weighted by Crippen LogP contribution is 2.13. The Hall–Kier alpha value is -0.540. The smallest absolute Gasteiger partial charge is 0.264 e. The third-order valence-electron chi connectivity index (χ3n) is 3.44. The fraction of sp³-hybridized carbons (Fsp3) is 0.520. The number of epoxide rings is 1. The fourth-order valence-electron chi connectivity index (χ4n) is 2.11. The first-order valence-electron chi connectivity index (χ1n) is 11.6. The second-order valence-electron chi connectivity index (χ2n) is 8.34. The van der Waals surface area contributed by atoms with Crippen LogP contribution in [0.15, 0.2) is 57.9 Å². The summed E-state index contributed by atoms with van der Waals surface area (Å²) in [5, 5.41) is 8.32. The fourth-order valence-corrected chi connectivity index (χ4v) is 4.90. The Morgan fingerprint density at radius 1 is 0.923 bits per heavy atom. The van der Waals surface area contributed by atoms with E-state index in [1.807, 2.05) is 47.3 Å². The molecule has 0 aromatic carbocycles. The van der Waals surface area contributed by atoms with Crippen molar-refractivity contribution in [2.75, 3.05) is 30.7 Å². The molecule has 0 amide bonds. The maximum Gasteiger partial charge on any atom is 0.264 e. The molecule has 4 heterocycles. The molecule has 3 atom stereocenters. The summed E-state index contributed by atoms with van der Waals surface area (Å²) >= 11 is 14.6. The number of rotatable bonds is 6. The molecule has 14 heteroatoms. The number of nitrogens with two attached hydrogens (primary N) is 1. The standard InChI is InChI=1S/C8H12O3S2.C7H11NS.C4H4S.C3H6O.C2H6O2S.CH2Cl2/c1-7(11-13(2,9)10)6-8-4-3-5-12-8;1-6(8)5-7-3-2-4-9-7;1-2-4-5-3-1;1-3-2-4-3;1-5(2,3)4;2-1-3/h3-5,7H,6H2,1-2H3;2-4,6H,5,8H2,1H3;1-4H;3H,2H2,1H3;1-2H3;1H2/t7-;6-;;3-;;/m01.0../s1. The van der Waals surface area contributed by atoms with E-state index in [9.17, 15) is 16.8 Å². The van der Waals surface area contributed by atoms with E-state index in [1.165, 1.54) is 4.88 Å². The number of hydrogen-bond donors (Lipinski definition) is 1. The molecule has 0 radical (unpaired) electrons. The number of hydrogen-bond acceptors (Lipinski definition) is 10. The van der Waals surface area contributed by atoms with Gasteiger partial charge < -0.3 is 10.5 Å². The summed E-state index contributed by atoms with van der Waals surface area (Å²) in [6.07, 6.45) is 5.34. The first kappa shape index (κ1) is 40.6. The molecule has 1 saturated heterocycles. The predicted molar refractivity (Wildman–Crippen MR) is 172 cm³/mol. The average molecular weight is 683 g/mol. The summed E-state index contributed by atoms with van der Waals surface area (Å²) in [4.78, 5) is 2.51. The maximum absolute atomic E-state index is 10.8. The van der Waals surface area contributed by atoms with Gasteiger partial charge in [0.05, 0.1) is 30.4 Å². The molecule has 3 aromatic heterocycles. The highest BCUT2D eigenvalue weighted by molar-refractivity contribution is 7.89. The van der Waals surface area contributed by atoms with E-state index in [-0.39, 0.29) is 11.4 Å². The van der Waals surface area contributed by atoms with Crippen molar-refractivity contribution in [1.29, 1.82) is 0 Å². The van der Waals surface area contributed by atoms with Gasteiger partial charge in [-0.05, 0) is 60.8 Å². The number of thiophene rings is 3. The molecule has 0 bridgehead atoms. The summed E-state index contributed by atoms with van der Waals surface area (Å²) in [5.74, 6) is 0. The topological polar surface area (TPSA) is 116 Å². The van der Waals surface area contributed by atoms with Crippen LogP contribution >= 0.6 is 57.2 Å². The molecule has 2 N–H and O–H groups in total.